The number of nitrogens with zero attached hydrogens (tertiary/aromatic N) is 3. The molecule has 0 aromatic carbocycles. The minimum Gasteiger partial charge on any atom is -0.368 e. The van der Waals surface area contributed by atoms with Crippen LogP contribution in [0.25, 0.3) is 0 Å². The van der Waals surface area contributed by atoms with Crippen LogP contribution in [0.3, 0.4) is 0 Å². The summed E-state index contributed by atoms with van der Waals surface area (Å²) in [6.45, 7) is 7.93. The number of amides is 1. The standard InChI is InChI=1S/C12H19ClN4O/c1-7-9(13)15-11(12(2,3)4)16-10(7)17(5)6-8(14)18/h6H2,1-5H3,(H2,14,18). The first-order valence-corrected chi connectivity index (χ1v) is 6.04. The topological polar surface area (TPSA) is 72.1 Å². The Morgan fingerprint density at radius 1 is 1.39 bits per heavy atom. The summed E-state index contributed by atoms with van der Waals surface area (Å²) in [6, 6.07) is 0. The third-order valence-electron chi connectivity index (χ3n) is 2.49. The van der Waals surface area contributed by atoms with Crippen molar-refractivity contribution in [2.45, 2.75) is 33.1 Å². The van der Waals surface area contributed by atoms with Crippen LogP contribution in [0.2, 0.25) is 5.15 Å². The number of likely N-dealkylation sites (N-methyl/N-ethyl adjacent to an activating group) is 1. The number of carbonyl (C=O) groups excluding carboxylic acids is 1. The molecule has 0 saturated carbocycles. The van der Waals surface area contributed by atoms with E-state index in [0.29, 0.717) is 16.8 Å². The van der Waals surface area contributed by atoms with Crippen molar-refractivity contribution in [3.05, 3.63) is 16.5 Å². The monoisotopic (exact) mass is 270 g/mol. The molecule has 6 heteroatoms. The van der Waals surface area contributed by atoms with Crippen molar-refractivity contribution in [1.29, 1.82) is 0 Å². The highest BCUT2D eigenvalue weighted by Crippen LogP contribution is 2.27. The molecule has 2 N–H and O–H groups in total. The lowest BCUT2D eigenvalue weighted by Crippen LogP contribution is -2.32. The minimum absolute atomic E-state index is 0.0950. The summed E-state index contributed by atoms with van der Waals surface area (Å²) in [6.07, 6.45) is 0. The molecule has 5 nitrogen and oxygen atoms in total. The van der Waals surface area contributed by atoms with Crippen molar-refractivity contribution in [3.8, 4) is 0 Å². The van der Waals surface area contributed by atoms with Gasteiger partial charge in [-0.15, -0.1) is 0 Å². The van der Waals surface area contributed by atoms with Gasteiger partial charge in [-0.1, -0.05) is 32.4 Å². The van der Waals surface area contributed by atoms with Crippen molar-refractivity contribution < 1.29 is 4.79 Å². The molecule has 0 radical (unpaired) electrons. The summed E-state index contributed by atoms with van der Waals surface area (Å²) in [5.41, 5.74) is 5.72. The molecule has 1 aromatic rings. The number of aromatic nitrogens is 2. The fourth-order valence-electron chi connectivity index (χ4n) is 1.49. The fourth-order valence-corrected chi connectivity index (χ4v) is 1.66. The predicted molar refractivity (Wildman–Crippen MR) is 72.9 cm³/mol. The van der Waals surface area contributed by atoms with Crippen molar-refractivity contribution in [3.63, 3.8) is 0 Å². The molecule has 1 heterocycles. The van der Waals surface area contributed by atoms with E-state index in [1.165, 1.54) is 0 Å². The van der Waals surface area contributed by atoms with E-state index in [4.69, 9.17) is 17.3 Å². The highest BCUT2D eigenvalue weighted by Gasteiger charge is 2.22. The summed E-state index contributed by atoms with van der Waals surface area (Å²) in [5.74, 6) is 0.868. The number of nitrogens with two attached hydrogens (primary N) is 1. The van der Waals surface area contributed by atoms with Crippen LogP contribution in [0, 0.1) is 6.92 Å². The molecular weight excluding hydrogens is 252 g/mol. The van der Waals surface area contributed by atoms with E-state index in [1.54, 1.807) is 11.9 Å². The van der Waals surface area contributed by atoms with Crippen LogP contribution >= 0.6 is 11.6 Å². The van der Waals surface area contributed by atoms with E-state index in [-0.39, 0.29) is 12.0 Å². The first kappa shape index (κ1) is 14.7. The minimum atomic E-state index is -0.413. The number of primary amides is 1. The van der Waals surface area contributed by atoms with Crippen LogP contribution in [-0.4, -0.2) is 29.5 Å². The summed E-state index contributed by atoms with van der Waals surface area (Å²) < 4.78 is 0. The van der Waals surface area contributed by atoms with Crippen molar-refractivity contribution >= 4 is 23.3 Å². The summed E-state index contributed by atoms with van der Waals surface area (Å²) >= 11 is 6.11. The molecule has 0 spiro atoms. The van der Waals surface area contributed by atoms with Gasteiger partial charge < -0.3 is 10.6 Å². The molecule has 0 fully saturated rings. The molecule has 100 valence electrons. The normalized spacial score (nSPS) is 11.4. The molecular formula is C12H19ClN4O. The third-order valence-corrected chi connectivity index (χ3v) is 2.85. The number of hydrogen-bond donors (Lipinski definition) is 1. The van der Waals surface area contributed by atoms with Crippen LogP contribution in [0.15, 0.2) is 0 Å². The number of rotatable bonds is 3. The van der Waals surface area contributed by atoms with E-state index in [9.17, 15) is 4.79 Å². The van der Waals surface area contributed by atoms with Gasteiger partial charge in [-0.25, -0.2) is 9.97 Å². The highest BCUT2D eigenvalue weighted by molar-refractivity contribution is 6.30. The number of halogens is 1. The van der Waals surface area contributed by atoms with E-state index in [0.717, 1.165) is 5.56 Å². The van der Waals surface area contributed by atoms with Crippen LogP contribution in [0.1, 0.15) is 32.2 Å². The maximum atomic E-state index is 11.0. The predicted octanol–water partition coefficient (Wildman–Crippen LogP) is 1.66. The van der Waals surface area contributed by atoms with Crippen LogP contribution in [0.4, 0.5) is 5.82 Å². The Labute approximate surface area is 112 Å². The Morgan fingerprint density at radius 2 is 1.94 bits per heavy atom. The maximum Gasteiger partial charge on any atom is 0.236 e. The smallest absolute Gasteiger partial charge is 0.236 e. The van der Waals surface area contributed by atoms with Crippen LogP contribution in [-0.2, 0) is 10.2 Å². The third kappa shape index (κ3) is 3.32. The van der Waals surface area contributed by atoms with Gasteiger partial charge in [0, 0.05) is 18.0 Å². The number of anilines is 1. The zero-order valence-electron chi connectivity index (χ0n) is 11.4. The van der Waals surface area contributed by atoms with E-state index in [1.807, 2.05) is 27.7 Å². The van der Waals surface area contributed by atoms with Crippen molar-refractivity contribution in [1.82, 2.24) is 9.97 Å². The summed E-state index contributed by atoms with van der Waals surface area (Å²) in [7, 11) is 1.75. The van der Waals surface area contributed by atoms with Crippen LogP contribution < -0.4 is 10.6 Å². The molecule has 0 atom stereocenters. The van der Waals surface area contributed by atoms with Gasteiger partial charge in [0.15, 0.2) is 0 Å². The first-order chi connectivity index (χ1) is 8.12. The Kier molecular flexibility index (Phi) is 4.16. The Bertz CT molecular complexity index is 468. The zero-order chi connectivity index (χ0) is 14.1. The van der Waals surface area contributed by atoms with Gasteiger partial charge in [0.2, 0.25) is 5.91 Å². The molecule has 18 heavy (non-hydrogen) atoms. The fraction of sp³-hybridized carbons (Fsp3) is 0.583. The van der Waals surface area contributed by atoms with Crippen LogP contribution in [0.5, 0.6) is 0 Å². The lowest BCUT2D eigenvalue weighted by atomic mass is 9.95. The molecule has 1 aromatic heterocycles. The van der Waals surface area contributed by atoms with Gasteiger partial charge in [0.05, 0.1) is 6.54 Å². The Hall–Kier alpha value is -1.36. The Balaban J connectivity index is 3.26. The van der Waals surface area contributed by atoms with Gasteiger partial charge in [0.1, 0.15) is 16.8 Å². The van der Waals surface area contributed by atoms with E-state index < -0.39 is 5.91 Å². The molecule has 0 saturated heterocycles. The second-order valence-electron chi connectivity index (χ2n) is 5.36. The van der Waals surface area contributed by atoms with Gasteiger partial charge in [-0.05, 0) is 6.92 Å². The molecule has 0 bridgehead atoms. The first-order valence-electron chi connectivity index (χ1n) is 5.67. The lowest BCUT2D eigenvalue weighted by molar-refractivity contribution is -0.116. The highest BCUT2D eigenvalue weighted by atomic mass is 35.5. The number of hydrogen-bond acceptors (Lipinski definition) is 4. The number of carbonyl (C=O) groups is 1. The lowest BCUT2D eigenvalue weighted by Gasteiger charge is -2.23. The molecule has 1 rings (SSSR count). The van der Waals surface area contributed by atoms with E-state index in [2.05, 4.69) is 9.97 Å². The Morgan fingerprint density at radius 3 is 2.39 bits per heavy atom. The average molecular weight is 271 g/mol. The molecule has 0 aliphatic heterocycles. The van der Waals surface area contributed by atoms with Crippen molar-refractivity contribution in [2.75, 3.05) is 18.5 Å². The average Bonchev–Trinajstić information content (AvgIpc) is 2.18. The second kappa shape index (κ2) is 5.10. The quantitative estimate of drug-likeness (QED) is 0.848. The van der Waals surface area contributed by atoms with Gasteiger partial charge in [-0.2, -0.15) is 0 Å². The summed E-state index contributed by atoms with van der Waals surface area (Å²) in [5, 5.41) is 0.404. The molecule has 0 aliphatic carbocycles. The van der Waals surface area contributed by atoms with Gasteiger partial charge in [0.25, 0.3) is 0 Å². The summed E-state index contributed by atoms with van der Waals surface area (Å²) in [4.78, 5) is 21.4. The SMILES string of the molecule is Cc1c(Cl)nc(C(C)(C)C)nc1N(C)CC(N)=O. The van der Waals surface area contributed by atoms with E-state index >= 15 is 0 Å². The largest absolute Gasteiger partial charge is 0.368 e. The van der Waals surface area contributed by atoms with Gasteiger partial charge >= 0.3 is 0 Å². The zero-order valence-corrected chi connectivity index (χ0v) is 12.2. The maximum absolute atomic E-state index is 11.0. The molecule has 0 unspecified atom stereocenters. The molecule has 1 amide bonds. The molecule has 0 aliphatic rings. The van der Waals surface area contributed by atoms with Gasteiger partial charge in [-0.3, -0.25) is 4.79 Å². The van der Waals surface area contributed by atoms with Crippen molar-refractivity contribution in [2.24, 2.45) is 5.73 Å². The second-order valence-corrected chi connectivity index (χ2v) is 5.72.